The van der Waals surface area contributed by atoms with Crippen LogP contribution in [0.5, 0.6) is 0 Å². The number of hydrogen-bond donors (Lipinski definition) is 1. The van der Waals surface area contributed by atoms with E-state index in [1.807, 2.05) is 40.4 Å². The Bertz CT molecular complexity index is 1300. The number of pyridine rings is 1. The highest BCUT2D eigenvalue weighted by atomic mass is 32.1. The summed E-state index contributed by atoms with van der Waals surface area (Å²) in [6.07, 6.45) is 3.85. The van der Waals surface area contributed by atoms with E-state index >= 15 is 0 Å². The Morgan fingerprint density at radius 1 is 1.12 bits per heavy atom. The van der Waals surface area contributed by atoms with Crippen LogP contribution in [0.4, 0.5) is 0 Å². The minimum Gasteiger partial charge on any atom is -0.332 e. The molecule has 0 saturated heterocycles. The fourth-order valence-electron chi connectivity index (χ4n) is 3.80. The van der Waals surface area contributed by atoms with Crippen molar-refractivity contribution >= 4 is 22.9 Å². The van der Waals surface area contributed by atoms with Gasteiger partial charge in [-0.15, -0.1) is 11.3 Å². The lowest BCUT2D eigenvalue weighted by molar-refractivity contribution is 0.0947. The van der Waals surface area contributed by atoms with Crippen molar-refractivity contribution in [3.05, 3.63) is 81.8 Å². The molecular weight excluding hydrogens is 416 g/mol. The number of carbonyl (C=O) groups is 1. The number of benzene rings is 1. The van der Waals surface area contributed by atoms with Crippen molar-refractivity contribution in [1.82, 2.24) is 14.7 Å². The molecule has 0 bridgehead atoms. The molecule has 162 valence electrons. The van der Waals surface area contributed by atoms with Crippen LogP contribution in [0.3, 0.4) is 0 Å². The van der Waals surface area contributed by atoms with Crippen molar-refractivity contribution in [2.75, 3.05) is 0 Å². The first-order chi connectivity index (χ1) is 15.4. The maximum absolute atomic E-state index is 13.1. The Labute approximate surface area is 192 Å². The molecule has 1 unspecified atom stereocenters. The molecule has 3 heterocycles. The van der Waals surface area contributed by atoms with Crippen molar-refractivity contribution in [2.45, 2.75) is 45.6 Å². The molecule has 5 nitrogen and oxygen atoms in total. The summed E-state index contributed by atoms with van der Waals surface area (Å²) in [5.74, 6) is 0.486. The van der Waals surface area contributed by atoms with E-state index in [1.54, 1.807) is 6.07 Å². The van der Waals surface area contributed by atoms with Gasteiger partial charge in [0.2, 0.25) is 0 Å². The van der Waals surface area contributed by atoms with Gasteiger partial charge in [0, 0.05) is 22.8 Å². The predicted molar refractivity (Wildman–Crippen MR) is 129 cm³/mol. The Morgan fingerprint density at radius 3 is 2.59 bits per heavy atom. The first-order valence-electron chi connectivity index (χ1n) is 10.7. The van der Waals surface area contributed by atoms with Crippen molar-refractivity contribution in [2.24, 2.45) is 0 Å². The van der Waals surface area contributed by atoms with Crippen molar-refractivity contribution in [1.29, 1.82) is 5.26 Å². The highest BCUT2D eigenvalue weighted by molar-refractivity contribution is 7.10. The molecule has 1 aromatic carbocycles. The van der Waals surface area contributed by atoms with Crippen LogP contribution < -0.4 is 5.32 Å². The van der Waals surface area contributed by atoms with Gasteiger partial charge in [-0.2, -0.15) is 5.26 Å². The van der Waals surface area contributed by atoms with Gasteiger partial charge in [0.05, 0.1) is 17.3 Å². The van der Waals surface area contributed by atoms with Crippen LogP contribution >= 0.6 is 11.3 Å². The lowest BCUT2D eigenvalue weighted by Crippen LogP contribution is -2.27. The summed E-state index contributed by atoms with van der Waals surface area (Å²) in [4.78, 5) is 18.7. The molecule has 0 radical (unpaired) electrons. The topological polar surface area (TPSA) is 70.2 Å². The molecule has 1 atom stereocenters. The first kappa shape index (κ1) is 21.8. The van der Waals surface area contributed by atoms with Gasteiger partial charge in [0.15, 0.2) is 6.04 Å². The van der Waals surface area contributed by atoms with Gasteiger partial charge in [0.25, 0.3) is 5.91 Å². The van der Waals surface area contributed by atoms with Gasteiger partial charge in [-0.3, -0.25) is 4.79 Å². The highest BCUT2D eigenvalue weighted by Gasteiger charge is 2.20. The number of imidazole rings is 1. The molecule has 32 heavy (non-hydrogen) atoms. The molecule has 1 amide bonds. The molecule has 6 heteroatoms. The van der Waals surface area contributed by atoms with Crippen LogP contribution in [0, 0.1) is 11.3 Å². The van der Waals surface area contributed by atoms with E-state index in [1.165, 1.54) is 22.5 Å². The zero-order chi connectivity index (χ0) is 22.8. The van der Waals surface area contributed by atoms with Gasteiger partial charge in [-0.1, -0.05) is 52.0 Å². The number of rotatable bonds is 6. The standard InChI is InChI=1S/C26H26N4OS/c1-16(2)18-9-10-19(21(13-18)17(3)4)23-15-30-11-5-7-20(25(30)28-23)26(31)29-22(14-27)24-8-6-12-32-24/h5-13,15-17,22H,1-4H3,(H,29,31). The second-order valence-corrected chi connectivity index (χ2v) is 9.47. The van der Waals surface area contributed by atoms with Crippen LogP contribution in [0.15, 0.2) is 60.2 Å². The number of nitrogens with one attached hydrogen (secondary N) is 1. The maximum atomic E-state index is 13.1. The van der Waals surface area contributed by atoms with Gasteiger partial charge in [0.1, 0.15) is 5.65 Å². The van der Waals surface area contributed by atoms with Gasteiger partial charge < -0.3 is 9.72 Å². The number of aromatic nitrogens is 2. The molecule has 0 fully saturated rings. The zero-order valence-electron chi connectivity index (χ0n) is 18.7. The van der Waals surface area contributed by atoms with Crippen LogP contribution in [-0.2, 0) is 0 Å². The lowest BCUT2D eigenvalue weighted by Gasteiger charge is -2.15. The highest BCUT2D eigenvalue weighted by Crippen LogP contribution is 2.32. The van der Waals surface area contributed by atoms with E-state index < -0.39 is 6.04 Å². The molecule has 0 saturated carbocycles. The summed E-state index contributed by atoms with van der Waals surface area (Å²) in [7, 11) is 0. The Morgan fingerprint density at radius 2 is 1.94 bits per heavy atom. The van der Waals surface area contributed by atoms with Crippen LogP contribution in [0.1, 0.15) is 71.9 Å². The average Bonchev–Trinajstić information content (AvgIpc) is 3.46. The van der Waals surface area contributed by atoms with E-state index in [0.717, 1.165) is 16.1 Å². The largest absolute Gasteiger partial charge is 0.332 e. The molecule has 3 aromatic heterocycles. The number of nitrogens with zero attached hydrogens (tertiary/aromatic N) is 3. The molecule has 1 N–H and O–H groups in total. The monoisotopic (exact) mass is 442 g/mol. The number of carbonyl (C=O) groups excluding carboxylic acids is 1. The summed E-state index contributed by atoms with van der Waals surface area (Å²) in [6, 6.07) is 15.3. The SMILES string of the molecule is CC(C)c1ccc(-c2cn3cccc(C(=O)NC(C#N)c4cccs4)c3n2)c(C(C)C)c1. The second-order valence-electron chi connectivity index (χ2n) is 8.49. The van der Waals surface area contributed by atoms with Crippen molar-refractivity contribution in [3.63, 3.8) is 0 Å². The van der Waals surface area contributed by atoms with Crippen LogP contribution in [0.25, 0.3) is 16.9 Å². The number of fused-ring (bicyclic) bond motifs is 1. The quantitative estimate of drug-likeness (QED) is 0.381. The number of nitriles is 1. The average molecular weight is 443 g/mol. The third-order valence-electron chi connectivity index (χ3n) is 5.60. The fraction of sp³-hybridized carbons (Fsp3) is 0.269. The molecule has 4 rings (SSSR count). The van der Waals surface area contributed by atoms with E-state index in [0.29, 0.717) is 23.0 Å². The zero-order valence-corrected chi connectivity index (χ0v) is 19.5. The Hall–Kier alpha value is -3.43. The minimum atomic E-state index is -0.687. The summed E-state index contributed by atoms with van der Waals surface area (Å²) >= 11 is 1.45. The van der Waals surface area contributed by atoms with Crippen LogP contribution in [-0.4, -0.2) is 15.3 Å². The first-order valence-corrected chi connectivity index (χ1v) is 11.6. The lowest BCUT2D eigenvalue weighted by atomic mass is 9.90. The second kappa shape index (κ2) is 8.97. The molecule has 0 aliphatic rings. The van der Waals surface area contributed by atoms with E-state index in [9.17, 15) is 10.1 Å². The molecular formula is C26H26N4OS. The molecule has 0 aliphatic carbocycles. The van der Waals surface area contributed by atoms with Crippen LogP contribution in [0.2, 0.25) is 0 Å². The summed E-state index contributed by atoms with van der Waals surface area (Å²) in [6.45, 7) is 8.76. The summed E-state index contributed by atoms with van der Waals surface area (Å²) < 4.78 is 1.87. The summed E-state index contributed by atoms with van der Waals surface area (Å²) in [5, 5.41) is 14.3. The third kappa shape index (κ3) is 4.17. The number of hydrogen-bond acceptors (Lipinski definition) is 4. The van der Waals surface area contributed by atoms with Gasteiger partial charge in [-0.05, 0) is 46.5 Å². The fourth-order valence-corrected chi connectivity index (χ4v) is 4.52. The van der Waals surface area contributed by atoms with Crippen molar-refractivity contribution in [3.8, 4) is 17.3 Å². The molecule has 4 aromatic rings. The smallest absolute Gasteiger partial charge is 0.256 e. The van der Waals surface area contributed by atoms with Gasteiger partial charge in [-0.25, -0.2) is 4.98 Å². The normalized spacial score (nSPS) is 12.3. The predicted octanol–water partition coefficient (Wildman–Crippen LogP) is 6.30. The minimum absolute atomic E-state index is 0.313. The van der Waals surface area contributed by atoms with E-state index in [2.05, 4.69) is 57.3 Å². The molecule has 0 spiro atoms. The van der Waals surface area contributed by atoms with Crippen molar-refractivity contribution < 1.29 is 4.79 Å². The maximum Gasteiger partial charge on any atom is 0.256 e. The number of thiophene rings is 1. The number of amides is 1. The van der Waals surface area contributed by atoms with E-state index in [4.69, 9.17) is 4.98 Å². The summed E-state index contributed by atoms with van der Waals surface area (Å²) in [5.41, 5.74) is 5.48. The van der Waals surface area contributed by atoms with E-state index in [-0.39, 0.29) is 5.91 Å². The third-order valence-corrected chi connectivity index (χ3v) is 6.54. The Balaban J connectivity index is 1.73. The molecule has 0 aliphatic heterocycles. The Kier molecular flexibility index (Phi) is 6.11. The van der Waals surface area contributed by atoms with Gasteiger partial charge >= 0.3 is 0 Å².